The first-order valence-electron chi connectivity index (χ1n) is 6.26. The van der Waals surface area contributed by atoms with Crippen molar-refractivity contribution in [1.29, 1.82) is 5.26 Å². The fourth-order valence-electron chi connectivity index (χ4n) is 2.35. The molecular formula is C14H18ClN3. The summed E-state index contributed by atoms with van der Waals surface area (Å²) in [5, 5.41) is 13.1. The average Bonchev–Trinajstić information content (AvgIpc) is 2.36. The maximum atomic E-state index is 8.91. The van der Waals surface area contributed by atoms with Crippen molar-refractivity contribution in [2.75, 3.05) is 18.9 Å². The summed E-state index contributed by atoms with van der Waals surface area (Å²) in [7, 11) is 2.16. The first kappa shape index (κ1) is 13.2. The molecule has 4 heteroatoms. The number of rotatable bonds is 2. The second-order valence-corrected chi connectivity index (χ2v) is 5.41. The highest BCUT2D eigenvalue weighted by atomic mass is 35.5. The Morgan fingerprint density at radius 2 is 2.28 bits per heavy atom. The molecule has 0 amide bonds. The largest absolute Gasteiger partial charge is 0.381 e. The van der Waals surface area contributed by atoms with Gasteiger partial charge in [0.05, 0.1) is 22.3 Å². The fraction of sp³-hybridized carbons (Fsp3) is 0.500. The van der Waals surface area contributed by atoms with E-state index < -0.39 is 0 Å². The first-order chi connectivity index (χ1) is 8.60. The Morgan fingerprint density at radius 3 is 2.94 bits per heavy atom. The van der Waals surface area contributed by atoms with Gasteiger partial charge in [-0.05, 0) is 45.0 Å². The molecule has 1 aromatic rings. The van der Waals surface area contributed by atoms with Gasteiger partial charge in [0.2, 0.25) is 0 Å². The van der Waals surface area contributed by atoms with E-state index in [0.717, 1.165) is 25.1 Å². The van der Waals surface area contributed by atoms with Crippen molar-refractivity contribution in [3.8, 4) is 6.07 Å². The lowest BCUT2D eigenvalue weighted by Gasteiger charge is -2.35. The molecule has 0 aromatic heterocycles. The molecule has 0 aliphatic carbocycles. The van der Waals surface area contributed by atoms with Gasteiger partial charge in [-0.2, -0.15) is 5.26 Å². The van der Waals surface area contributed by atoms with Gasteiger partial charge in [-0.1, -0.05) is 11.6 Å². The Morgan fingerprint density at radius 1 is 1.50 bits per heavy atom. The maximum absolute atomic E-state index is 8.91. The van der Waals surface area contributed by atoms with Crippen LogP contribution in [0.4, 0.5) is 5.69 Å². The van der Waals surface area contributed by atoms with E-state index in [2.05, 4.69) is 30.3 Å². The Kier molecular flexibility index (Phi) is 4.11. The molecule has 3 nitrogen and oxygen atoms in total. The SMILES string of the molecule is CC1CC(Nc2cc(C#N)ccc2Cl)CCN1C. The molecule has 2 rings (SSSR count). The number of anilines is 1. The number of likely N-dealkylation sites (tertiary alicyclic amines) is 1. The molecule has 0 bridgehead atoms. The van der Waals surface area contributed by atoms with E-state index >= 15 is 0 Å². The molecule has 2 unspecified atom stereocenters. The van der Waals surface area contributed by atoms with Crippen LogP contribution in [0.2, 0.25) is 5.02 Å². The summed E-state index contributed by atoms with van der Waals surface area (Å²) in [5.41, 5.74) is 1.51. The van der Waals surface area contributed by atoms with Gasteiger partial charge >= 0.3 is 0 Å². The number of halogens is 1. The van der Waals surface area contributed by atoms with Crippen molar-refractivity contribution in [3.63, 3.8) is 0 Å². The Balaban J connectivity index is 2.08. The Labute approximate surface area is 113 Å². The minimum Gasteiger partial charge on any atom is -0.381 e. The van der Waals surface area contributed by atoms with Crippen molar-refractivity contribution in [1.82, 2.24) is 4.90 Å². The lowest BCUT2D eigenvalue weighted by molar-refractivity contribution is 0.190. The fourth-order valence-corrected chi connectivity index (χ4v) is 2.52. The van der Waals surface area contributed by atoms with Crippen LogP contribution in [0.3, 0.4) is 0 Å². The molecular weight excluding hydrogens is 246 g/mol. The molecule has 0 radical (unpaired) electrons. The number of benzene rings is 1. The highest BCUT2D eigenvalue weighted by Gasteiger charge is 2.22. The zero-order valence-electron chi connectivity index (χ0n) is 10.8. The molecule has 1 aliphatic rings. The van der Waals surface area contributed by atoms with Crippen LogP contribution < -0.4 is 5.32 Å². The lowest BCUT2D eigenvalue weighted by Crippen LogP contribution is -2.42. The summed E-state index contributed by atoms with van der Waals surface area (Å²) in [6.07, 6.45) is 2.21. The second-order valence-electron chi connectivity index (χ2n) is 5.00. The predicted octanol–water partition coefficient (Wildman–Crippen LogP) is 3.11. The highest BCUT2D eigenvalue weighted by molar-refractivity contribution is 6.33. The quantitative estimate of drug-likeness (QED) is 0.891. The lowest BCUT2D eigenvalue weighted by atomic mass is 9.98. The second kappa shape index (κ2) is 5.60. The molecule has 18 heavy (non-hydrogen) atoms. The highest BCUT2D eigenvalue weighted by Crippen LogP contribution is 2.26. The number of hydrogen-bond acceptors (Lipinski definition) is 3. The topological polar surface area (TPSA) is 39.1 Å². The minimum atomic E-state index is 0.433. The number of nitriles is 1. The third-order valence-corrected chi connectivity index (χ3v) is 3.99. The van der Waals surface area contributed by atoms with E-state index in [-0.39, 0.29) is 0 Å². The van der Waals surface area contributed by atoms with Crippen LogP contribution in [-0.4, -0.2) is 30.6 Å². The van der Waals surface area contributed by atoms with Gasteiger partial charge in [-0.3, -0.25) is 0 Å². The van der Waals surface area contributed by atoms with Crippen LogP contribution >= 0.6 is 11.6 Å². The molecule has 1 aromatic carbocycles. The third kappa shape index (κ3) is 2.95. The van der Waals surface area contributed by atoms with Crippen LogP contribution in [0, 0.1) is 11.3 Å². The normalized spacial score (nSPS) is 24.6. The van der Waals surface area contributed by atoms with Gasteiger partial charge in [-0.25, -0.2) is 0 Å². The molecule has 1 N–H and O–H groups in total. The molecule has 1 heterocycles. The van der Waals surface area contributed by atoms with Crippen LogP contribution in [0.1, 0.15) is 25.3 Å². The van der Waals surface area contributed by atoms with Crippen LogP contribution in [0.5, 0.6) is 0 Å². The van der Waals surface area contributed by atoms with E-state index in [9.17, 15) is 0 Å². The zero-order chi connectivity index (χ0) is 13.1. The van der Waals surface area contributed by atoms with Gasteiger partial charge in [0.15, 0.2) is 0 Å². The molecule has 2 atom stereocenters. The van der Waals surface area contributed by atoms with E-state index in [0.29, 0.717) is 22.7 Å². The molecule has 1 fully saturated rings. The number of nitrogens with zero attached hydrogens (tertiary/aromatic N) is 2. The maximum Gasteiger partial charge on any atom is 0.0992 e. The summed E-state index contributed by atoms with van der Waals surface area (Å²) in [5.74, 6) is 0. The van der Waals surface area contributed by atoms with Crippen molar-refractivity contribution in [3.05, 3.63) is 28.8 Å². The number of hydrogen-bond donors (Lipinski definition) is 1. The summed E-state index contributed by atoms with van der Waals surface area (Å²) in [6, 6.07) is 8.50. The van der Waals surface area contributed by atoms with Crippen molar-refractivity contribution >= 4 is 17.3 Å². The van der Waals surface area contributed by atoms with Gasteiger partial charge in [0, 0.05) is 18.6 Å². The van der Waals surface area contributed by atoms with Crippen molar-refractivity contribution in [2.45, 2.75) is 31.8 Å². The summed E-state index contributed by atoms with van der Waals surface area (Å²) in [4.78, 5) is 2.37. The Hall–Kier alpha value is -1.24. The average molecular weight is 264 g/mol. The number of nitrogens with one attached hydrogen (secondary N) is 1. The van der Waals surface area contributed by atoms with Gasteiger partial charge < -0.3 is 10.2 Å². The zero-order valence-corrected chi connectivity index (χ0v) is 11.5. The summed E-state index contributed by atoms with van der Waals surface area (Å²) < 4.78 is 0. The Bertz CT molecular complexity index is 467. The molecule has 1 saturated heterocycles. The van der Waals surface area contributed by atoms with E-state index in [4.69, 9.17) is 16.9 Å². The van der Waals surface area contributed by atoms with Gasteiger partial charge in [0.25, 0.3) is 0 Å². The third-order valence-electron chi connectivity index (χ3n) is 3.66. The molecule has 0 saturated carbocycles. The van der Waals surface area contributed by atoms with Crippen molar-refractivity contribution in [2.24, 2.45) is 0 Å². The van der Waals surface area contributed by atoms with E-state index in [1.807, 2.05) is 6.07 Å². The van der Waals surface area contributed by atoms with Crippen molar-refractivity contribution < 1.29 is 0 Å². The van der Waals surface area contributed by atoms with Crippen LogP contribution in [0.15, 0.2) is 18.2 Å². The monoisotopic (exact) mass is 263 g/mol. The first-order valence-corrected chi connectivity index (χ1v) is 6.64. The van der Waals surface area contributed by atoms with E-state index in [1.165, 1.54) is 0 Å². The number of piperidine rings is 1. The van der Waals surface area contributed by atoms with Gasteiger partial charge in [0.1, 0.15) is 0 Å². The predicted molar refractivity (Wildman–Crippen MR) is 74.9 cm³/mol. The van der Waals surface area contributed by atoms with E-state index in [1.54, 1.807) is 12.1 Å². The molecule has 96 valence electrons. The minimum absolute atomic E-state index is 0.433. The van der Waals surface area contributed by atoms with Crippen LogP contribution in [-0.2, 0) is 0 Å². The standard InChI is InChI=1S/C14H18ClN3/c1-10-7-12(5-6-18(10)2)17-14-8-11(9-16)3-4-13(14)15/h3-4,8,10,12,17H,5-7H2,1-2H3. The summed E-state index contributed by atoms with van der Waals surface area (Å²) >= 11 is 6.16. The van der Waals surface area contributed by atoms with Crippen LogP contribution in [0.25, 0.3) is 0 Å². The molecule has 0 spiro atoms. The smallest absolute Gasteiger partial charge is 0.0992 e. The molecule has 1 aliphatic heterocycles. The van der Waals surface area contributed by atoms with Gasteiger partial charge in [-0.15, -0.1) is 0 Å². The summed E-state index contributed by atoms with van der Waals surface area (Å²) in [6.45, 7) is 3.33.